The molecule has 1 fully saturated rings. The number of halogens is 2. The number of hydrogen-bond acceptors (Lipinski definition) is 3. The van der Waals surface area contributed by atoms with Gasteiger partial charge in [0.15, 0.2) is 0 Å². The minimum Gasteiger partial charge on any atom is -0.434 e. The number of para-hydroxylation sites is 1. The molecule has 2 unspecified atom stereocenters. The number of ether oxygens (including phenoxy) is 1. The molecule has 1 saturated heterocycles. The van der Waals surface area contributed by atoms with Crippen LogP contribution in [0.4, 0.5) is 8.78 Å². The number of alkyl halides is 2. The molecule has 0 bridgehead atoms. The first-order valence-electron chi connectivity index (χ1n) is 6.49. The lowest BCUT2D eigenvalue weighted by molar-refractivity contribution is -0.0508. The normalized spacial score (nSPS) is 24.1. The second-order valence-electron chi connectivity index (χ2n) is 4.97. The Hall–Kier alpha value is -1.20. The van der Waals surface area contributed by atoms with Crippen molar-refractivity contribution in [1.29, 1.82) is 0 Å². The predicted molar refractivity (Wildman–Crippen MR) is 68.1 cm³/mol. The maximum Gasteiger partial charge on any atom is 0.387 e. The second-order valence-corrected chi connectivity index (χ2v) is 4.97. The summed E-state index contributed by atoms with van der Waals surface area (Å²) in [5.41, 5.74) is 0.732. The Labute approximate surface area is 111 Å². The molecule has 106 valence electrons. The molecule has 0 aromatic heterocycles. The van der Waals surface area contributed by atoms with Crippen LogP contribution in [-0.2, 0) is 6.54 Å². The first kappa shape index (κ1) is 14.2. The molecule has 3 nitrogen and oxygen atoms in total. The van der Waals surface area contributed by atoms with E-state index in [1.54, 1.807) is 24.3 Å². The molecule has 0 spiro atoms. The zero-order valence-corrected chi connectivity index (χ0v) is 10.9. The van der Waals surface area contributed by atoms with Crippen LogP contribution in [0.15, 0.2) is 24.3 Å². The average Bonchev–Trinajstić information content (AvgIpc) is 2.71. The van der Waals surface area contributed by atoms with Crippen LogP contribution < -0.4 is 4.74 Å². The van der Waals surface area contributed by atoms with Crippen LogP contribution in [0.2, 0.25) is 0 Å². The molecule has 5 heteroatoms. The summed E-state index contributed by atoms with van der Waals surface area (Å²) < 4.78 is 29.2. The van der Waals surface area contributed by atoms with E-state index in [0.717, 1.165) is 18.5 Å². The molecule has 2 atom stereocenters. The molecule has 1 aliphatic rings. The molecule has 1 aromatic carbocycles. The van der Waals surface area contributed by atoms with Gasteiger partial charge in [0.25, 0.3) is 0 Å². The van der Waals surface area contributed by atoms with Crippen molar-refractivity contribution in [2.24, 2.45) is 5.92 Å². The summed E-state index contributed by atoms with van der Waals surface area (Å²) in [4.78, 5) is 2.12. The van der Waals surface area contributed by atoms with E-state index in [-0.39, 0.29) is 18.4 Å². The van der Waals surface area contributed by atoms with Crippen LogP contribution in [-0.4, -0.2) is 35.8 Å². The van der Waals surface area contributed by atoms with Crippen molar-refractivity contribution in [3.63, 3.8) is 0 Å². The molecule has 1 N–H and O–H groups in total. The number of benzene rings is 1. The molecular formula is C14H19F2NO2. The number of aliphatic hydroxyl groups is 1. The van der Waals surface area contributed by atoms with Crippen LogP contribution >= 0.6 is 0 Å². The Balaban J connectivity index is 2.10. The standard InChI is InChI=1S/C14H19F2NO2/c1-10-6-7-17(12(10)9-18)8-11-4-2-3-5-13(11)19-14(15)16/h2-5,10,12,14,18H,6-9H2,1H3. The van der Waals surface area contributed by atoms with Crippen LogP contribution in [0.25, 0.3) is 0 Å². The highest BCUT2D eigenvalue weighted by Crippen LogP contribution is 2.28. The SMILES string of the molecule is CC1CCN(Cc2ccccc2OC(F)F)C1CO. The van der Waals surface area contributed by atoms with E-state index in [9.17, 15) is 13.9 Å². The van der Waals surface area contributed by atoms with Gasteiger partial charge in [0.1, 0.15) is 5.75 Å². The van der Waals surface area contributed by atoms with Gasteiger partial charge in [-0.15, -0.1) is 0 Å². The molecule has 0 radical (unpaired) electrons. The highest BCUT2D eigenvalue weighted by atomic mass is 19.3. The van der Waals surface area contributed by atoms with E-state index in [4.69, 9.17) is 0 Å². The highest BCUT2D eigenvalue weighted by Gasteiger charge is 2.30. The lowest BCUT2D eigenvalue weighted by Crippen LogP contribution is -2.34. The van der Waals surface area contributed by atoms with E-state index in [2.05, 4.69) is 16.6 Å². The van der Waals surface area contributed by atoms with Gasteiger partial charge in [-0.2, -0.15) is 8.78 Å². The first-order chi connectivity index (χ1) is 9.11. The lowest BCUT2D eigenvalue weighted by Gasteiger charge is -2.25. The third-order valence-corrected chi connectivity index (χ3v) is 3.75. The summed E-state index contributed by atoms with van der Waals surface area (Å²) in [6.07, 6.45) is 1.02. The summed E-state index contributed by atoms with van der Waals surface area (Å²) >= 11 is 0. The Morgan fingerprint density at radius 1 is 1.42 bits per heavy atom. The predicted octanol–water partition coefficient (Wildman–Crippen LogP) is 2.49. The third-order valence-electron chi connectivity index (χ3n) is 3.75. The van der Waals surface area contributed by atoms with Gasteiger partial charge in [0, 0.05) is 18.2 Å². The fourth-order valence-electron chi connectivity index (χ4n) is 2.64. The Bertz CT molecular complexity index is 414. The molecule has 19 heavy (non-hydrogen) atoms. The van der Waals surface area contributed by atoms with Crippen molar-refractivity contribution in [2.75, 3.05) is 13.2 Å². The molecule has 2 rings (SSSR count). The second kappa shape index (κ2) is 6.30. The summed E-state index contributed by atoms with van der Waals surface area (Å²) in [5.74, 6) is 0.641. The van der Waals surface area contributed by atoms with Crippen molar-refractivity contribution in [2.45, 2.75) is 32.5 Å². The zero-order chi connectivity index (χ0) is 13.8. The van der Waals surface area contributed by atoms with E-state index < -0.39 is 6.61 Å². The number of aliphatic hydroxyl groups excluding tert-OH is 1. The minimum absolute atomic E-state index is 0.0963. The van der Waals surface area contributed by atoms with Gasteiger partial charge in [0.05, 0.1) is 6.61 Å². The number of rotatable bonds is 5. The van der Waals surface area contributed by atoms with Crippen molar-refractivity contribution in [1.82, 2.24) is 4.90 Å². The van der Waals surface area contributed by atoms with Gasteiger partial charge in [-0.25, -0.2) is 0 Å². The monoisotopic (exact) mass is 271 g/mol. The number of hydrogen-bond donors (Lipinski definition) is 1. The summed E-state index contributed by atoms with van der Waals surface area (Å²) in [6.45, 7) is 0.780. The van der Waals surface area contributed by atoms with E-state index in [1.807, 2.05) is 0 Å². The number of likely N-dealkylation sites (tertiary alicyclic amines) is 1. The topological polar surface area (TPSA) is 32.7 Å². The van der Waals surface area contributed by atoms with Crippen LogP contribution in [0.5, 0.6) is 5.75 Å². The third kappa shape index (κ3) is 3.42. The largest absolute Gasteiger partial charge is 0.434 e. The Morgan fingerprint density at radius 2 is 2.16 bits per heavy atom. The van der Waals surface area contributed by atoms with E-state index in [0.29, 0.717) is 12.5 Å². The van der Waals surface area contributed by atoms with Gasteiger partial charge < -0.3 is 9.84 Å². The fourth-order valence-corrected chi connectivity index (χ4v) is 2.64. The molecular weight excluding hydrogens is 252 g/mol. The summed E-state index contributed by atoms with van der Waals surface area (Å²) in [7, 11) is 0. The highest BCUT2D eigenvalue weighted by molar-refractivity contribution is 5.33. The smallest absolute Gasteiger partial charge is 0.387 e. The first-order valence-corrected chi connectivity index (χ1v) is 6.49. The molecule has 1 heterocycles. The van der Waals surface area contributed by atoms with Crippen molar-refractivity contribution < 1.29 is 18.6 Å². The maximum absolute atomic E-state index is 12.3. The average molecular weight is 271 g/mol. The van der Waals surface area contributed by atoms with E-state index in [1.165, 1.54) is 0 Å². The van der Waals surface area contributed by atoms with Gasteiger partial charge >= 0.3 is 6.61 Å². The van der Waals surface area contributed by atoms with Crippen molar-refractivity contribution in [3.05, 3.63) is 29.8 Å². The minimum atomic E-state index is -2.81. The van der Waals surface area contributed by atoms with Gasteiger partial charge in [0.2, 0.25) is 0 Å². The van der Waals surface area contributed by atoms with Gasteiger partial charge in [-0.3, -0.25) is 4.90 Å². The molecule has 0 amide bonds. The Kier molecular flexibility index (Phi) is 4.71. The van der Waals surface area contributed by atoms with Crippen LogP contribution in [0.1, 0.15) is 18.9 Å². The maximum atomic E-state index is 12.3. The Morgan fingerprint density at radius 3 is 2.84 bits per heavy atom. The van der Waals surface area contributed by atoms with Crippen LogP contribution in [0, 0.1) is 5.92 Å². The molecule has 1 aromatic rings. The molecule has 1 aliphatic heterocycles. The van der Waals surface area contributed by atoms with E-state index >= 15 is 0 Å². The molecule has 0 saturated carbocycles. The summed E-state index contributed by atoms with van der Waals surface area (Å²) in [6, 6.07) is 6.92. The van der Waals surface area contributed by atoms with Gasteiger partial charge in [-0.1, -0.05) is 25.1 Å². The summed E-state index contributed by atoms with van der Waals surface area (Å²) in [5, 5.41) is 9.41. The van der Waals surface area contributed by atoms with Crippen LogP contribution in [0.3, 0.4) is 0 Å². The molecule has 0 aliphatic carbocycles. The fraction of sp³-hybridized carbons (Fsp3) is 0.571. The zero-order valence-electron chi connectivity index (χ0n) is 10.9. The lowest BCUT2D eigenvalue weighted by atomic mass is 10.0. The van der Waals surface area contributed by atoms with Crippen molar-refractivity contribution in [3.8, 4) is 5.75 Å². The number of nitrogens with zero attached hydrogens (tertiary/aromatic N) is 1. The quantitative estimate of drug-likeness (QED) is 0.893. The van der Waals surface area contributed by atoms with Gasteiger partial charge in [-0.05, 0) is 24.9 Å². The van der Waals surface area contributed by atoms with Crippen molar-refractivity contribution >= 4 is 0 Å².